The van der Waals surface area contributed by atoms with Crippen molar-refractivity contribution in [3.63, 3.8) is 0 Å². The van der Waals surface area contributed by atoms with Crippen molar-refractivity contribution in [2.24, 2.45) is 5.73 Å². The summed E-state index contributed by atoms with van der Waals surface area (Å²) in [6, 6.07) is 0. The highest BCUT2D eigenvalue weighted by molar-refractivity contribution is 7.82. The number of rotatable bonds is 2. The minimum Gasteiger partial charge on any atom is -0.387 e. The molecule has 38 valence electrons. The Balaban J connectivity index is 2.82. The number of thiocarbonyl (C=S) groups is 1. The third kappa shape index (κ3) is 5.91. The Labute approximate surface area is 49.9 Å². The van der Waals surface area contributed by atoms with E-state index >= 15 is 0 Å². The zero-order valence-corrected chi connectivity index (χ0v) is 4.79. The van der Waals surface area contributed by atoms with Gasteiger partial charge in [0, 0.05) is 18.0 Å². The monoisotopic (exact) mass is 114 g/mol. The molecule has 0 aromatic rings. The average Bonchev–Trinajstić information content (AvgIpc) is 1.61. The second-order valence-electron chi connectivity index (χ2n) is 1.08. The molecule has 0 rings (SSSR count). The Morgan fingerprint density at radius 3 is 2.57 bits per heavy atom. The fraction of sp³-hybridized carbons (Fsp3) is 0.667. The first-order valence-electron chi connectivity index (χ1n) is 2.00. The molecule has 0 heterocycles. The molecule has 2 nitrogen and oxygen atoms in total. The molecular weight excluding hydrogens is 107 g/mol. The molecule has 0 spiro atoms. The predicted octanol–water partition coefficient (Wildman–Crippen LogP) is -1.01. The van der Waals surface area contributed by atoms with Gasteiger partial charge in [-0.05, 0) is 0 Å². The molecule has 0 amide bonds. The third-order valence-electron chi connectivity index (χ3n) is 0.444. The Morgan fingerprint density at radius 2 is 2.43 bits per heavy atom. The van der Waals surface area contributed by atoms with Gasteiger partial charge in [-0.2, -0.15) is 0 Å². The van der Waals surface area contributed by atoms with Crippen LogP contribution < -0.4 is 11.1 Å². The lowest BCUT2D eigenvalue weighted by Crippen LogP contribution is -2.27. The Morgan fingerprint density at radius 1 is 1.86 bits per heavy atom. The molecule has 0 atom stereocenters. The molecule has 4 heteroatoms. The van der Waals surface area contributed by atoms with E-state index in [9.17, 15) is 0 Å². The molecule has 0 aliphatic carbocycles. The van der Waals surface area contributed by atoms with Crippen molar-refractivity contribution in [3.8, 4) is 0 Å². The van der Waals surface area contributed by atoms with E-state index in [1.54, 1.807) is 0 Å². The summed E-state index contributed by atoms with van der Waals surface area (Å²) in [6.45, 7) is 1.23. The molecule has 0 aliphatic heterocycles. The van der Waals surface area contributed by atoms with Crippen LogP contribution in [0.25, 0.3) is 0 Å². The van der Waals surface area contributed by atoms with Crippen molar-refractivity contribution in [3.05, 3.63) is 0 Å². The summed E-state index contributed by atoms with van der Waals surface area (Å²) in [6.07, 6.45) is 0. The van der Waals surface area contributed by atoms with Crippen LogP contribution in [0.1, 0.15) is 0 Å². The maximum Gasteiger partial charge on any atom is 0.154 e. The van der Waals surface area contributed by atoms with Crippen LogP contribution in [-0.2, 0) is 0 Å². The van der Waals surface area contributed by atoms with Crippen LogP contribution in [-0.4, -0.2) is 25.8 Å². The molecule has 3 N–H and O–H groups in total. The van der Waals surface area contributed by atoms with Gasteiger partial charge >= 0.3 is 0 Å². The van der Waals surface area contributed by atoms with E-state index in [2.05, 4.69) is 17.5 Å². The number of nitrogens with one attached hydrogen (secondary N) is 1. The van der Waals surface area contributed by atoms with Crippen LogP contribution in [0.15, 0.2) is 0 Å². The Hall–Kier alpha value is -0.0851. The highest BCUT2D eigenvalue weighted by Gasteiger charge is 1.78. The minimum atomic E-state index is 0.311. The molecule has 0 aromatic heterocycles. The molecule has 7 heavy (non-hydrogen) atoms. The van der Waals surface area contributed by atoms with E-state index in [0.717, 1.165) is 0 Å². The van der Waals surface area contributed by atoms with Crippen molar-refractivity contribution in [2.45, 2.75) is 0 Å². The number of nitrogens with two attached hydrogens (primary N) is 1. The van der Waals surface area contributed by atoms with E-state index in [1.807, 2.05) is 0 Å². The van der Waals surface area contributed by atoms with E-state index in [4.69, 9.17) is 13.6 Å². The van der Waals surface area contributed by atoms with Crippen LogP contribution in [0.4, 0.5) is 0 Å². The van der Waals surface area contributed by atoms with Gasteiger partial charge in [0.05, 0.1) is 0 Å². The summed E-state index contributed by atoms with van der Waals surface area (Å²) in [7, 11) is 5.04. The Bertz CT molecular complexity index is 66.0. The molecule has 0 saturated carbocycles. The fourth-order valence-corrected chi connectivity index (χ4v) is 0.297. The van der Waals surface area contributed by atoms with Crippen LogP contribution in [0.3, 0.4) is 0 Å². The van der Waals surface area contributed by atoms with Gasteiger partial charge < -0.3 is 11.1 Å². The van der Waals surface area contributed by atoms with Crippen LogP contribution >= 0.6 is 12.2 Å². The van der Waals surface area contributed by atoms with Gasteiger partial charge in [-0.15, -0.1) is 0 Å². The topological polar surface area (TPSA) is 38.0 Å². The molecule has 0 unspecified atom stereocenters. The first kappa shape index (κ1) is 6.91. The average molecular weight is 114 g/mol. The summed E-state index contributed by atoms with van der Waals surface area (Å²) in [5, 5.41) is 2.68. The van der Waals surface area contributed by atoms with Gasteiger partial charge in [0.2, 0.25) is 0 Å². The number of hydrogen-bond donors (Lipinski definition) is 2. The first-order chi connectivity index (χ1) is 3.27. The largest absolute Gasteiger partial charge is 0.387 e. The van der Waals surface area contributed by atoms with E-state index in [0.29, 0.717) is 18.0 Å². The van der Waals surface area contributed by atoms with Crippen molar-refractivity contribution in [1.29, 1.82) is 0 Å². The Kier molecular flexibility index (Phi) is 4.03. The van der Waals surface area contributed by atoms with E-state index in [1.165, 1.54) is 0 Å². The molecule has 0 fully saturated rings. The lowest BCUT2D eigenvalue weighted by atomic mass is 10.2. The highest BCUT2D eigenvalue weighted by Crippen LogP contribution is 1.56. The normalized spacial score (nSPS) is 8.14. The van der Waals surface area contributed by atoms with Gasteiger partial charge in [0.25, 0.3) is 0 Å². The van der Waals surface area contributed by atoms with Crippen molar-refractivity contribution in [1.82, 2.24) is 5.32 Å². The SMILES string of the molecule is [B]C(=S)NCCN. The number of hydrogen-bond acceptors (Lipinski definition) is 2. The smallest absolute Gasteiger partial charge is 0.154 e. The van der Waals surface area contributed by atoms with Crippen molar-refractivity contribution >= 4 is 25.0 Å². The second-order valence-corrected chi connectivity index (χ2v) is 1.52. The van der Waals surface area contributed by atoms with Gasteiger partial charge in [-0.3, -0.25) is 0 Å². The van der Waals surface area contributed by atoms with Gasteiger partial charge in [-0.25, -0.2) is 0 Å². The summed E-state index contributed by atoms with van der Waals surface area (Å²) >= 11 is 4.47. The molecule has 0 aromatic carbocycles. The molecule has 0 saturated heterocycles. The maximum absolute atomic E-state index is 5.10. The van der Waals surface area contributed by atoms with Crippen molar-refractivity contribution < 1.29 is 0 Å². The van der Waals surface area contributed by atoms with Gasteiger partial charge in [-0.1, -0.05) is 12.2 Å². The lowest BCUT2D eigenvalue weighted by Gasteiger charge is -1.97. The lowest BCUT2D eigenvalue weighted by molar-refractivity contribution is 0.892. The van der Waals surface area contributed by atoms with Crippen LogP contribution in [0.5, 0.6) is 0 Å². The maximum atomic E-state index is 5.10. The highest BCUT2D eigenvalue weighted by atomic mass is 32.1. The summed E-state index contributed by atoms with van der Waals surface area (Å²) in [5.74, 6) is 0. The van der Waals surface area contributed by atoms with E-state index < -0.39 is 0 Å². The van der Waals surface area contributed by atoms with Gasteiger partial charge in [0.1, 0.15) is 0 Å². The predicted molar refractivity (Wildman–Crippen MR) is 35.4 cm³/mol. The molecule has 0 aliphatic rings. The minimum absolute atomic E-state index is 0.311. The quantitative estimate of drug-likeness (QED) is 0.356. The first-order valence-corrected chi connectivity index (χ1v) is 2.41. The van der Waals surface area contributed by atoms with Crippen LogP contribution in [0, 0.1) is 0 Å². The van der Waals surface area contributed by atoms with E-state index in [-0.39, 0.29) is 0 Å². The zero-order chi connectivity index (χ0) is 5.70. The molecule has 2 radical (unpaired) electrons. The zero-order valence-electron chi connectivity index (χ0n) is 3.98. The summed E-state index contributed by atoms with van der Waals surface area (Å²) in [4.78, 5) is 0.311. The van der Waals surface area contributed by atoms with Crippen LogP contribution in [0.2, 0.25) is 0 Å². The third-order valence-corrected chi connectivity index (χ3v) is 0.588. The standard InChI is InChI=1S/C3H7BN2S/c4-3(7)6-2-1-5/h1-2,5H2,(H,6,7). The summed E-state index contributed by atoms with van der Waals surface area (Å²) in [5.41, 5.74) is 5.10. The fourth-order valence-electron chi connectivity index (χ4n) is 0.195. The van der Waals surface area contributed by atoms with Crippen molar-refractivity contribution in [2.75, 3.05) is 13.1 Å². The second kappa shape index (κ2) is 4.08. The van der Waals surface area contributed by atoms with Gasteiger partial charge in [0.15, 0.2) is 7.85 Å². The molecular formula is C3H7BN2S. The molecule has 0 bridgehead atoms. The summed E-state index contributed by atoms with van der Waals surface area (Å²) < 4.78 is 0.